The van der Waals surface area contributed by atoms with Gasteiger partial charge in [0, 0.05) is 24.0 Å². The second-order valence-electron chi connectivity index (χ2n) is 11.3. The Kier molecular flexibility index (Phi) is 13.5. The molecule has 4 N–H and O–H groups in total. The first kappa shape index (κ1) is 35.7. The molecule has 0 saturated heterocycles. The number of alkyl carbamates (subject to hydrolysis) is 1. The average Bonchev–Trinajstić information content (AvgIpc) is 3.04. The fourth-order valence-corrected chi connectivity index (χ4v) is 7.37. The SMILES string of the molecule is COC(=O)NC(C(=O)NC(C)CCCC(CO)N(C(C)C)S(=O)(=O)c1ccc(CO)cc1)C(c1ccccc1)c1ccccc1. The van der Waals surface area contributed by atoms with Crippen molar-refractivity contribution >= 4 is 22.0 Å². The number of carbonyl (C=O) groups is 2. The smallest absolute Gasteiger partial charge is 0.407 e. The van der Waals surface area contributed by atoms with E-state index in [0.29, 0.717) is 24.8 Å². The summed E-state index contributed by atoms with van der Waals surface area (Å²) in [5.41, 5.74) is 2.29. The second-order valence-corrected chi connectivity index (χ2v) is 13.2. The minimum absolute atomic E-state index is 0.0861. The summed E-state index contributed by atoms with van der Waals surface area (Å²) in [6, 6.07) is 22.6. The summed E-state index contributed by atoms with van der Waals surface area (Å²) in [6.07, 6.45) is 0.659. The first-order chi connectivity index (χ1) is 21.5. The van der Waals surface area contributed by atoms with Gasteiger partial charge >= 0.3 is 6.09 Å². The summed E-state index contributed by atoms with van der Waals surface area (Å²) in [5.74, 6) is -0.879. The molecule has 11 heteroatoms. The number of carbonyl (C=O) groups excluding carboxylic acids is 2. The van der Waals surface area contributed by atoms with Crippen molar-refractivity contribution in [1.82, 2.24) is 14.9 Å². The normalized spacial score (nSPS) is 13.8. The number of amides is 2. The highest BCUT2D eigenvalue weighted by atomic mass is 32.2. The number of sulfonamides is 1. The first-order valence-corrected chi connectivity index (χ1v) is 16.6. The zero-order valence-corrected chi connectivity index (χ0v) is 27.1. The largest absolute Gasteiger partial charge is 0.453 e. The van der Waals surface area contributed by atoms with E-state index in [4.69, 9.17) is 4.74 Å². The highest BCUT2D eigenvalue weighted by molar-refractivity contribution is 7.89. The van der Waals surface area contributed by atoms with E-state index in [1.165, 1.54) is 23.5 Å². The molecule has 2 amide bonds. The highest BCUT2D eigenvalue weighted by Crippen LogP contribution is 2.29. The van der Waals surface area contributed by atoms with E-state index in [2.05, 4.69) is 10.6 Å². The maximum absolute atomic E-state index is 13.8. The Bertz CT molecular complexity index is 1410. The van der Waals surface area contributed by atoms with Crippen molar-refractivity contribution in [2.24, 2.45) is 0 Å². The van der Waals surface area contributed by atoms with Crippen molar-refractivity contribution in [3.05, 3.63) is 102 Å². The molecule has 0 heterocycles. The molecule has 0 aliphatic rings. The Morgan fingerprint density at radius 3 is 1.84 bits per heavy atom. The monoisotopic (exact) mass is 639 g/mol. The third kappa shape index (κ3) is 9.61. The van der Waals surface area contributed by atoms with E-state index in [0.717, 1.165) is 11.1 Å². The van der Waals surface area contributed by atoms with E-state index >= 15 is 0 Å². The van der Waals surface area contributed by atoms with Crippen molar-refractivity contribution in [2.75, 3.05) is 13.7 Å². The Labute approximate surface area is 266 Å². The topological polar surface area (TPSA) is 145 Å². The van der Waals surface area contributed by atoms with Gasteiger partial charge in [0.05, 0.1) is 25.2 Å². The molecule has 3 unspecified atom stereocenters. The second kappa shape index (κ2) is 17.1. The predicted molar refractivity (Wildman–Crippen MR) is 173 cm³/mol. The van der Waals surface area contributed by atoms with E-state index in [9.17, 15) is 28.2 Å². The van der Waals surface area contributed by atoms with Gasteiger partial charge < -0.3 is 25.6 Å². The molecule has 10 nitrogen and oxygen atoms in total. The van der Waals surface area contributed by atoms with Crippen LogP contribution in [0.3, 0.4) is 0 Å². The van der Waals surface area contributed by atoms with Gasteiger partial charge in [0.1, 0.15) is 6.04 Å². The van der Waals surface area contributed by atoms with Crippen molar-refractivity contribution < 1.29 is 33.0 Å². The van der Waals surface area contributed by atoms with E-state index in [1.54, 1.807) is 26.0 Å². The maximum atomic E-state index is 13.8. The lowest BCUT2D eigenvalue weighted by atomic mass is 9.84. The molecule has 3 aromatic rings. The number of ether oxygens (including phenoxy) is 1. The molecule has 0 aliphatic heterocycles. The number of benzene rings is 3. The number of nitrogens with zero attached hydrogens (tertiary/aromatic N) is 1. The van der Waals surface area contributed by atoms with Crippen molar-refractivity contribution in [3.8, 4) is 0 Å². The number of methoxy groups -OCH3 is 1. The van der Waals surface area contributed by atoms with Crippen LogP contribution in [0.5, 0.6) is 0 Å². The van der Waals surface area contributed by atoms with E-state index in [-0.39, 0.29) is 30.1 Å². The fourth-order valence-electron chi connectivity index (χ4n) is 5.53. The summed E-state index contributed by atoms with van der Waals surface area (Å²) in [5, 5.41) is 25.3. The summed E-state index contributed by atoms with van der Waals surface area (Å²) >= 11 is 0. The first-order valence-electron chi connectivity index (χ1n) is 15.1. The summed E-state index contributed by atoms with van der Waals surface area (Å²) in [4.78, 5) is 26.2. The minimum atomic E-state index is -3.92. The number of nitrogens with one attached hydrogen (secondary N) is 2. The molecule has 0 aliphatic carbocycles. The number of aliphatic hydroxyl groups excluding tert-OH is 2. The molecule has 0 saturated carbocycles. The Morgan fingerprint density at radius 1 is 0.822 bits per heavy atom. The zero-order valence-electron chi connectivity index (χ0n) is 26.3. The molecular formula is C34H45N3O7S. The molecule has 3 rings (SSSR count). The molecule has 3 aromatic carbocycles. The molecule has 45 heavy (non-hydrogen) atoms. The maximum Gasteiger partial charge on any atom is 0.407 e. The van der Waals surface area contributed by atoms with Crippen LogP contribution in [0, 0.1) is 0 Å². The van der Waals surface area contributed by atoms with Gasteiger partial charge in [-0.2, -0.15) is 4.31 Å². The number of hydrogen-bond donors (Lipinski definition) is 4. The standard InChI is InChI=1S/C34H45N3O7S/c1-24(2)37(45(42,43)30-20-18-26(22-38)19-21-30)29(23-39)17-11-12-25(3)35-33(40)32(36-34(41)44-4)31(27-13-7-5-8-14-27)28-15-9-6-10-16-28/h5-10,13-16,18-21,24-25,29,31-32,38-39H,11-12,17,22-23H2,1-4H3,(H,35,40)(H,36,41). The fraction of sp³-hybridized carbons (Fsp3) is 0.412. The van der Waals surface area contributed by atoms with Gasteiger partial charge in [-0.05, 0) is 68.9 Å². The molecule has 3 atom stereocenters. The summed E-state index contributed by atoms with van der Waals surface area (Å²) < 4.78 is 33.3. The van der Waals surface area contributed by atoms with E-state index < -0.39 is 40.2 Å². The minimum Gasteiger partial charge on any atom is -0.453 e. The molecule has 0 radical (unpaired) electrons. The van der Waals surface area contributed by atoms with Gasteiger partial charge in [-0.1, -0.05) is 72.8 Å². The van der Waals surface area contributed by atoms with Gasteiger partial charge in [-0.15, -0.1) is 0 Å². The van der Waals surface area contributed by atoms with Crippen LogP contribution in [0.25, 0.3) is 0 Å². The molecule has 0 fully saturated rings. The van der Waals surface area contributed by atoms with Gasteiger partial charge in [0.2, 0.25) is 15.9 Å². The van der Waals surface area contributed by atoms with Gasteiger partial charge in [0.25, 0.3) is 0 Å². The van der Waals surface area contributed by atoms with Crippen LogP contribution >= 0.6 is 0 Å². The van der Waals surface area contributed by atoms with Crippen LogP contribution in [0.1, 0.15) is 62.6 Å². The number of aliphatic hydroxyl groups is 2. The lowest BCUT2D eigenvalue weighted by Crippen LogP contribution is -2.52. The Balaban J connectivity index is 1.74. The number of rotatable bonds is 16. The predicted octanol–water partition coefficient (Wildman–Crippen LogP) is 4.17. The molecule has 244 valence electrons. The molecule has 0 aromatic heterocycles. The Hall–Kier alpha value is -3.77. The number of hydrogen-bond acceptors (Lipinski definition) is 7. The third-order valence-corrected chi connectivity index (χ3v) is 9.86. The van der Waals surface area contributed by atoms with Crippen LogP contribution in [0.4, 0.5) is 4.79 Å². The quantitative estimate of drug-likeness (QED) is 0.184. The van der Waals surface area contributed by atoms with Gasteiger partial charge in [-0.3, -0.25) is 4.79 Å². The average molecular weight is 640 g/mol. The van der Waals surface area contributed by atoms with Crippen LogP contribution in [-0.2, 0) is 26.2 Å². The van der Waals surface area contributed by atoms with Crippen LogP contribution < -0.4 is 10.6 Å². The van der Waals surface area contributed by atoms with Gasteiger partial charge in [0.15, 0.2) is 0 Å². The zero-order chi connectivity index (χ0) is 33.0. The summed E-state index contributed by atoms with van der Waals surface area (Å²) in [6.45, 7) is 4.81. The molecular weight excluding hydrogens is 594 g/mol. The molecule has 0 spiro atoms. The van der Waals surface area contributed by atoms with Crippen LogP contribution in [0.2, 0.25) is 0 Å². The lowest BCUT2D eigenvalue weighted by molar-refractivity contribution is -0.124. The van der Waals surface area contributed by atoms with E-state index in [1.807, 2.05) is 67.6 Å². The molecule has 0 bridgehead atoms. The van der Waals surface area contributed by atoms with Crippen LogP contribution in [-0.4, -0.2) is 72.8 Å². The van der Waals surface area contributed by atoms with Crippen molar-refractivity contribution in [1.29, 1.82) is 0 Å². The third-order valence-electron chi connectivity index (χ3n) is 7.72. The van der Waals surface area contributed by atoms with Crippen molar-refractivity contribution in [2.45, 2.75) is 81.6 Å². The lowest BCUT2D eigenvalue weighted by Gasteiger charge is -2.33. The Morgan fingerprint density at radius 2 is 1.38 bits per heavy atom. The van der Waals surface area contributed by atoms with Crippen molar-refractivity contribution in [3.63, 3.8) is 0 Å². The summed E-state index contributed by atoms with van der Waals surface area (Å²) in [7, 11) is -2.68. The van der Waals surface area contributed by atoms with Gasteiger partial charge in [-0.25, -0.2) is 13.2 Å². The highest BCUT2D eigenvalue weighted by Gasteiger charge is 2.35. The van der Waals surface area contributed by atoms with Crippen LogP contribution in [0.15, 0.2) is 89.8 Å².